The zero-order valence-electron chi connectivity index (χ0n) is 9.96. The second-order valence-corrected chi connectivity index (χ2v) is 6.45. The van der Waals surface area contributed by atoms with Crippen molar-refractivity contribution in [1.82, 2.24) is 9.78 Å². The Morgan fingerprint density at radius 2 is 2.24 bits per heavy atom. The van der Waals surface area contributed by atoms with Gasteiger partial charge in [-0.05, 0) is 12.0 Å². The minimum absolute atomic E-state index is 0.0626. The summed E-state index contributed by atoms with van der Waals surface area (Å²) in [6.45, 7) is 0. The zero-order valence-corrected chi connectivity index (χ0v) is 10.8. The molecule has 0 bridgehead atoms. The van der Waals surface area contributed by atoms with E-state index in [0.29, 0.717) is 0 Å². The van der Waals surface area contributed by atoms with E-state index in [0.717, 1.165) is 11.8 Å². The molecule has 0 radical (unpaired) electrons. The first-order valence-electron chi connectivity index (χ1n) is 5.21. The number of hydrogen-bond acceptors (Lipinski definition) is 5. The van der Waals surface area contributed by atoms with Crippen LogP contribution < -0.4 is 5.73 Å². The summed E-state index contributed by atoms with van der Waals surface area (Å²) in [5.74, 6) is -0.228. The van der Waals surface area contributed by atoms with Crippen LogP contribution in [0.1, 0.15) is 12.0 Å². The molecule has 1 unspecified atom stereocenters. The highest BCUT2D eigenvalue weighted by Crippen LogP contribution is 2.03. The number of Topliss-reactive ketones (excluding diaryl/α,β-unsaturated/α-hetero) is 1. The van der Waals surface area contributed by atoms with Gasteiger partial charge < -0.3 is 5.73 Å². The van der Waals surface area contributed by atoms with Crippen molar-refractivity contribution in [2.45, 2.75) is 18.9 Å². The number of carbonyl (C=O) groups is 1. The molecule has 1 rings (SSSR count). The lowest BCUT2D eigenvalue weighted by Gasteiger charge is -2.08. The summed E-state index contributed by atoms with van der Waals surface area (Å²) < 4.78 is 23.5. The fraction of sp³-hybridized carbons (Fsp3) is 0.600. The summed E-state index contributed by atoms with van der Waals surface area (Å²) in [7, 11) is -1.31. The van der Waals surface area contributed by atoms with Crippen LogP contribution in [0.15, 0.2) is 12.4 Å². The van der Waals surface area contributed by atoms with Gasteiger partial charge in [0, 0.05) is 25.9 Å². The number of sulfone groups is 1. The van der Waals surface area contributed by atoms with Gasteiger partial charge in [0.15, 0.2) is 5.78 Å². The van der Waals surface area contributed by atoms with Crippen molar-refractivity contribution in [2.75, 3.05) is 12.0 Å². The lowest BCUT2D eigenvalue weighted by molar-refractivity contribution is -0.119. The van der Waals surface area contributed by atoms with Crippen molar-refractivity contribution in [3.8, 4) is 0 Å². The highest BCUT2D eigenvalue weighted by atomic mass is 32.2. The molecule has 0 saturated carbocycles. The second kappa shape index (κ2) is 5.42. The lowest BCUT2D eigenvalue weighted by atomic mass is 10.1. The minimum atomic E-state index is -3.07. The van der Waals surface area contributed by atoms with E-state index in [9.17, 15) is 13.2 Å². The largest absolute Gasteiger partial charge is 0.321 e. The Balaban J connectivity index is 2.47. The molecule has 0 aliphatic carbocycles. The third-order valence-electron chi connectivity index (χ3n) is 2.35. The molecule has 1 aromatic heterocycles. The molecule has 0 fully saturated rings. The van der Waals surface area contributed by atoms with Crippen LogP contribution in [0.5, 0.6) is 0 Å². The number of rotatable bonds is 6. The van der Waals surface area contributed by atoms with Crippen molar-refractivity contribution in [1.29, 1.82) is 0 Å². The SMILES string of the molecule is Cn1cc(CC(=O)C(N)CCS(C)(=O)=O)cn1. The summed E-state index contributed by atoms with van der Waals surface area (Å²) in [6.07, 6.45) is 4.82. The third-order valence-corrected chi connectivity index (χ3v) is 3.33. The van der Waals surface area contributed by atoms with E-state index >= 15 is 0 Å². The van der Waals surface area contributed by atoms with Gasteiger partial charge in [-0.2, -0.15) is 5.10 Å². The maximum atomic E-state index is 11.7. The van der Waals surface area contributed by atoms with Crippen LogP contribution in [0.25, 0.3) is 0 Å². The first kappa shape index (κ1) is 13.9. The van der Waals surface area contributed by atoms with Crippen molar-refractivity contribution in [2.24, 2.45) is 12.8 Å². The van der Waals surface area contributed by atoms with E-state index in [2.05, 4.69) is 5.10 Å². The van der Waals surface area contributed by atoms with Gasteiger partial charge in [0.25, 0.3) is 0 Å². The molecule has 0 aromatic carbocycles. The first-order valence-corrected chi connectivity index (χ1v) is 7.27. The molecular weight excluding hydrogens is 242 g/mol. The molecule has 1 atom stereocenters. The second-order valence-electron chi connectivity index (χ2n) is 4.19. The fourth-order valence-electron chi connectivity index (χ4n) is 1.40. The van der Waals surface area contributed by atoms with Crippen LogP contribution in [0.3, 0.4) is 0 Å². The molecule has 0 aliphatic heterocycles. The summed E-state index contributed by atoms with van der Waals surface area (Å²) >= 11 is 0. The molecule has 1 aromatic rings. The molecule has 0 spiro atoms. The third kappa shape index (κ3) is 5.10. The predicted molar refractivity (Wildman–Crippen MR) is 64.2 cm³/mol. The van der Waals surface area contributed by atoms with Gasteiger partial charge in [-0.1, -0.05) is 0 Å². The number of aromatic nitrogens is 2. The average Bonchev–Trinajstić information content (AvgIpc) is 2.59. The van der Waals surface area contributed by atoms with E-state index in [1.807, 2.05) is 0 Å². The predicted octanol–water partition coefficient (Wildman–Crippen LogP) is -0.706. The van der Waals surface area contributed by atoms with E-state index in [4.69, 9.17) is 5.73 Å². The number of ketones is 1. The Hall–Kier alpha value is -1.21. The molecular formula is C10H17N3O3S. The molecule has 17 heavy (non-hydrogen) atoms. The minimum Gasteiger partial charge on any atom is -0.321 e. The van der Waals surface area contributed by atoms with Gasteiger partial charge >= 0.3 is 0 Å². The summed E-state index contributed by atoms with van der Waals surface area (Å²) in [6, 6.07) is -0.732. The van der Waals surface area contributed by atoms with Crippen molar-refractivity contribution in [3.05, 3.63) is 18.0 Å². The maximum absolute atomic E-state index is 11.7. The van der Waals surface area contributed by atoms with Crippen LogP contribution in [-0.4, -0.2) is 42.0 Å². The van der Waals surface area contributed by atoms with Crippen LogP contribution in [0.2, 0.25) is 0 Å². The Bertz CT molecular complexity index is 493. The molecule has 96 valence electrons. The lowest BCUT2D eigenvalue weighted by Crippen LogP contribution is -2.33. The fourth-order valence-corrected chi connectivity index (χ4v) is 2.08. The standard InChI is InChI=1S/C10H17N3O3S/c1-13-7-8(6-12-13)5-10(14)9(11)3-4-17(2,15)16/h6-7,9H,3-5,11H2,1-2H3. The summed E-state index contributed by atoms with van der Waals surface area (Å²) in [5, 5.41) is 3.94. The van der Waals surface area contributed by atoms with Gasteiger partial charge in [-0.15, -0.1) is 0 Å². The van der Waals surface area contributed by atoms with E-state index in [1.54, 1.807) is 24.1 Å². The molecule has 0 saturated heterocycles. The summed E-state index contributed by atoms with van der Waals surface area (Å²) in [4.78, 5) is 11.7. The van der Waals surface area contributed by atoms with Crippen LogP contribution >= 0.6 is 0 Å². The number of carbonyl (C=O) groups excluding carboxylic acids is 1. The highest BCUT2D eigenvalue weighted by Gasteiger charge is 2.16. The topological polar surface area (TPSA) is 95.0 Å². The summed E-state index contributed by atoms with van der Waals surface area (Å²) in [5.41, 5.74) is 6.42. The molecule has 7 heteroatoms. The van der Waals surface area contributed by atoms with Crippen molar-refractivity contribution in [3.63, 3.8) is 0 Å². The van der Waals surface area contributed by atoms with Crippen LogP contribution in [0, 0.1) is 0 Å². The molecule has 0 amide bonds. The number of hydrogen-bond donors (Lipinski definition) is 1. The maximum Gasteiger partial charge on any atom is 0.154 e. The number of aryl methyl sites for hydroxylation is 1. The molecule has 1 heterocycles. The van der Waals surface area contributed by atoms with Gasteiger partial charge in [0.1, 0.15) is 9.84 Å². The first-order chi connectivity index (χ1) is 7.78. The quantitative estimate of drug-likeness (QED) is 0.728. The molecule has 2 N–H and O–H groups in total. The number of nitrogens with zero attached hydrogens (tertiary/aromatic N) is 2. The van der Waals surface area contributed by atoms with Gasteiger partial charge in [0.05, 0.1) is 18.0 Å². The van der Waals surface area contributed by atoms with Crippen LogP contribution in [-0.2, 0) is 28.1 Å². The van der Waals surface area contributed by atoms with E-state index in [1.165, 1.54) is 0 Å². The van der Waals surface area contributed by atoms with Gasteiger partial charge in [-0.3, -0.25) is 9.48 Å². The van der Waals surface area contributed by atoms with Gasteiger partial charge in [0.2, 0.25) is 0 Å². The normalized spacial score (nSPS) is 13.6. The van der Waals surface area contributed by atoms with Crippen LogP contribution in [0.4, 0.5) is 0 Å². The number of nitrogens with two attached hydrogens (primary N) is 1. The van der Waals surface area contributed by atoms with E-state index in [-0.39, 0.29) is 24.4 Å². The van der Waals surface area contributed by atoms with Crippen molar-refractivity contribution >= 4 is 15.6 Å². The molecule has 0 aliphatic rings. The Morgan fingerprint density at radius 1 is 1.59 bits per heavy atom. The Kier molecular flexibility index (Phi) is 4.41. The Labute approximate surface area is 101 Å². The highest BCUT2D eigenvalue weighted by molar-refractivity contribution is 7.90. The van der Waals surface area contributed by atoms with Crippen molar-refractivity contribution < 1.29 is 13.2 Å². The zero-order chi connectivity index (χ0) is 13.1. The smallest absolute Gasteiger partial charge is 0.154 e. The monoisotopic (exact) mass is 259 g/mol. The van der Waals surface area contributed by atoms with Gasteiger partial charge in [-0.25, -0.2) is 8.42 Å². The average molecular weight is 259 g/mol. The Morgan fingerprint density at radius 3 is 2.71 bits per heavy atom. The van der Waals surface area contributed by atoms with E-state index < -0.39 is 15.9 Å². The molecule has 6 nitrogen and oxygen atoms in total.